The van der Waals surface area contributed by atoms with Gasteiger partial charge in [-0.3, -0.25) is 9.69 Å². The van der Waals surface area contributed by atoms with Gasteiger partial charge in [-0.2, -0.15) is 0 Å². The van der Waals surface area contributed by atoms with Crippen molar-refractivity contribution in [2.75, 3.05) is 0 Å². The number of hydrogen-bond donors (Lipinski definition) is 1. The summed E-state index contributed by atoms with van der Waals surface area (Å²) in [6.07, 6.45) is 6.84. The number of rotatable bonds is 5. The van der Waals surface area contributed by atoms with Crippen molar-refractivity contribution < 1.29 is 9.32 Å². The average molecular weight is 351 g/mol. The van der Waals surface area contributed by atoms with Crippen LogP contribution in [0.4, 0.5) is 0 Å². The molecule has 1 aliphatic carbocycles. The van der Waals surface area contributed by atoms with Gasteiger partial charge in [-0.25, -0.2) is 0 Å². The Balaban J connectivity index is 1.21. The molecule has 5 nitrogen and oxygen atoms in total. The third kappa shape index (κ3) is 3.16. The van der Waals surface area contributed by atoms with E-state index in [9.17, 15) is 4.79 Å². The standard InChI is InChI=1S/C21H25N3O2/c25-21(19-12-20(26-23-19)15-6-7-15)22-16-10-17-8-9-18(11-16)24(17)13-14-4-2-1-3-5-14/h1-5,12,15-18H,6-11,13H2,(H,22,25)/t16?,17-,18+. The second kappa shape index (κ2) is 6.54. The van der Waals surface area contributed by atoms with Crippen LogP contribution in [0.2, 0.25) is 0 Å². The van der Waals surface area contributed by atoms with Gasteiger partial charge in [-0.15, -0.1) is 0 Å². The van der Waals surface area contributed by atoms with Gasteiger partial charge in [0.05, 0.1) is 0 Å². The van der Waals surface area contributed by atoms with Crippen molar-refractivity contribution in [1.29, 1.82) is 0 Å². The van der Waals surface area contributed by atoms with Gasteiger partial charge in [0.25, 0.3) is 5.91 Å². The molecule has 2 saturated heterocycles. The number of carbonyl (C=O) groups excluding carboxylic acids is 1. The molecule has 136 valence electrons. The lowest BCUT2D eigenvalue weighted by Gasteiger charge is -2.39. The molecule has 3 fully saturated rings. The summed E-state index contributed by atoms with van der Waals surface area (Å²) in [5.74, 6) is 1.27. The van der Waals surface area contributed by atoms with Gasteiger partial charge in [-0.1, -0.05) is 35.5 Å². The van der Waals surface area contributed by atoms with Gasteiger partial charge in [-0.05, 0) is 44.1 Å². The van der Waals surface area contributed by atoms with Crippen molar-refractivity contribution in [3.63, 3.8) is 0 Å². The molecular weight excluding hydrogens is 326 g/mol. The Morgan fingerprint density at radius 1 is 1.12 bits per heavy atom. The smallest absolute Gasteiger partial charge is 0.273 e. The van der Waals surface area contributed by atoms with Gasteiger partial charge in [0.1, 0.15) is 5.76 Å². The average Bonchev–Trinajstić information content (AvgIpc) is 3.34. The van der Waals surface area contributed by atoms with E-state index in [0.717, 1.165) is 38.0 Å². The number of amides is 1. The number of fused-ring (bicyclic) bond motifs is 2. The van der Waals surface area contributed by atoms with Crippen molar-refractivity contribution in [3.8, 4) is 0 Å². The summed E-state index contributed by atoms with van der Waals surface area (Å²) in [5, 5.41) is 7.17. The zero-order chi connectivity index (χ0) is 17.5. The first-order valence-corrected chi connectivity index (χ1v) is 9.83. The predicted octanol–water partition coefficient (Wildman–Crippen LogP) is 3.48. The second-order valence-corrected chi connectivity index (χ2v) is 8.07. The Kier molecular flexibility index (Phi) is 4.04. The summed E-state index contributed by atoms with van der Waals surface area (Å²) in [7, 11) is 0. The third-order valence-corrected chi connectivity index (χ3v) is 6.17. The van der Waals surface area contributed by atoms with E-state index in [1.807, 2.05) is 6.07 Å². The number of hydrogen-bond acceptors (Lipinski definition) is 4. The minimum Gasteiger partial charge on any atom is -0.360 e. The SMILES string of the molecule is O=C(NC1C[C@H]2CC[C@@H](C1)N2Cc1ccccc1)c1cc(C2CC2)on1. The Bertz CT molecular complexity index is 770. The second-order valence-electron chi connectivity index (χ2n) is 8.07. The quantitative estimate of drug-likeness (QED) is 0.896. The van der Waals surface area contributed by atoms with Crippen molar-refractivity contribution in [2.24, 2.45) is 0 Å². The van der Waals surface area contributed by atoms with Crippen LogP contribution in [0.25, 0.3) is 0 Å². The number of benzene rings is 1. The molecule has 1 aromatic heterocycles. The number of piperidine rings is 1. The van der Waals surface area contributed by atoms with E-state index >= 15 is 0 Å². The lowest BCUT2D eigenvalue weighted by Crippen LogP contribution is -2.50. The van der Waals surface area contributed by atoms with Crippen LogP contribution in [-0.4, -0.2) is 34.1 Å². The van der Waals surface area contributed by atoms with Crippen LogP contribution in [0.3, 0.4) is 0 Å². The van der Waals surface area contributed by atoms with Crippen molar-refractivity contribution in [2.45, 2.75) is 69.1 Å². The molecular formula is C21H25N3O2. The number of carbonyl (C=O) groups is 1. The maximum absolute atomic E-state index is 12.5. The van der Waals surface area contributed by atoms with Gasteiger partial charge >= 0.3 is 0 Å². The van der Waals surface area contributed by atoms with Crippen LogP contribution in [0, 0.1) is 0 Å². The number of nitrogens with zero attached hydrogens (tertiary/aromatic N) is 2. The highest BCUT2D eigenvalue weighted by Gasteiger charge is 2.41. The first-order chi connectivity index (χ1) is 12.8. The summed E-state index contributed by atoms with van der Waals surface area (Å²) in [5.41, 5.74) is 1.81. The van der Waals surface area contributed by atoms with E-state index in [-0.39, 0.29) is 11.9 Å². The molecule has 3 atom stereocenters. The predicted molar refractivity (Wildman–Crippen MR) is 97.8 cm³/mol. The normalized spacial score (nSPS) is 28.2. The molecule has 1 amide bonds. The van der Waals surface area contributed by atoms with Crippen molar-refractivity contribution in [1.82, 2.24) is 15.4 Å². The molecule has 2 bridgehead atoms. The molecule has 1 unspecified atom stereocenters. The minimum atomic E-state index is -0.0819. The minimum absolute atomic E-state index is 0.0819. The van der Waals surface area contributed by atoms with Crippen LogP contribution >= 0.6 is 0 Å². The molecule has 5 heteroatoms. The van der Waals surface area contributed by atoms with E-state index in [1.54, 1.807) is 0 Å². The van der Waals surface area contributed by atoms with E-state index in [4.69, 9.17) is 4.52 Å². The highest BCUT2D eigenvalue weighted by Crippen LogP contribution is 2.40. The maximum Gasteiger partial charge on any atom is 0.273 e. The molecule has 1 saturated carbocycles. The summed E-state index contributed by atoms with van der Waals surface area (Å²) >= 11 is 0. The van der Waals surface area contributed by atoms with Gasteiger partial charge in [0.2, 0.25) is 0 Å². The van der Waals surface area contributed by atoms with Crippen LogP contribution < -0.4 is 5.32 Å². The molecule has 3 heterocycles. The first kappa shape index (κ1) is 16.1. The summed E-state index contributed by atoms with van der Waals surface area (Å²) in [4.78, 5) is 15.2. The van der Waals surface area contributed by atoms with E-state index in [2.05, 4.69) is 45.7 Å². The molecule has 0 spiro atoms. The molecule has 26 heavy (non-hydrogen) atoms. The Morgan fingerprint density at radius 3 is 2.54 bits per heavy atom. The van der Waals surface area contributed by atoms with Crippen LogP contribution in [0.15, 0.2) is 40.9 Å². The fourth-order valence-corrected chi connectivity index (χ4v) is 4.66. The van der Waals surface area contributed by atoms with Crippen LogP contribution in [0.1, 0.15) is 66.3 Å². The topological polar surface area (TPSA) is 58.4 Å². The van der Waals surface area contributed by atoms with Gasteiger partial charge in [0, 0.05) is 36.7 Å². The summed E-state index contributed by atoms with van der Waals surface area (Å²) in [6, 6.07) is 13.9. The molecule has 1 N–H and O–H groups in total. The van der Waals surface area contributed by atoms with E-state index in [0.29, 0.717) is 23.7 Å². The Hall–Kier alpha value is -2.14. The van der Waals surface area contributed by atoms with Crippen molar-refractivity contribution >= 4 is 5.91 Å². The van der Waals surface area contributed by atoms with Crippen LogP contribution in [0.5, 0.6) is 0 Å². The molecule has 3 aliphatic rings. The van der Waals surface area contributed by atoms with Gasteiger partial charge in [0.15, 0.2) is 5.69 Å². The van der Waals surface area contributed by atoms with E-state index < -0.39 is 0 Å². The third-order valence-electron chi connectivity index (χ3n) is 6.17. The fraction of sp³-hybridized carbons (Fsp3) is 0.524. The number of aromatic nitrogens is 1. The monoisotopic (exact) mass is 351 g/mol. The van der Waals surface area contributed by atoms with Gasteiger partial charge < -0.3 is 9.84 Å². The molecule has 2 aromatic rings. The Morgan fingerprint density at radius 2 is 1.85 bits per heavy atom. The summed E-state index contributed by atoms with van der Waals surface area (Å²) < 4.78 is 5.32. The zero-order valence-electron chi connectivity index (χ0n) is 14.9. The first-order valence-electron chi connectivity index (χ1n) is 9.83. The lowest BCUT2D eigenvalue weighted by molar-refractivity contribution is 0.0820. The maximum atomic E-state index is 12.5. The molecule has 5 rings (SSSR count). The highest BCUT2D eigenvalue weighted by atomic mass is 16.5. The molecule has 1 aromatic carbocycles. The van der Waals surface area contributed by atoms with Crippen molar-refractivity contribution in [3.05, 3.63) is 53.4 Å². The summed E-state index contributed by atoms with van der Waals surface area (Å²) in [6.45, 7) is 1.02. The zero-order valence-corrected chi connectivity index (χ0v) is 14.9. The lowest BCUT2D eigenvalue weighted by atomic mass is 9.96. The largest absolute Gasteiger partial charge is 0.360 e. The van der Waals surface area contributed by atoms with Crippen LogP contribution in [-0.2, 0) is 6.54 Å². The number of nitrogens with one attached hydrogen (secondary N) is 1. The molecule has 2 aliphatic heterocycles. The highest BCUT2D eigenvalue weighted by molar-refractivity contribution is 5.92. The fourth-order valence-electron chi connectivity index (χ4n) is 4.66. The molecule has 0 radical (unpaired) electrons. The van der Waals surface area contributed by atoms with E-state index in [1.165, 1.54) is 18.4 Å². The Labute approximate surface area is 153 Å².